The minimum Gasteiger partial charge on any atom is -0.507 e. The number of cyclic esters (lactones) is 1. The zero-order chi connectivity index (χ0) is 21.7. The van der Waals surface area contributed by atoms with Crippen LogP contribution in [0.1, 0.15) is 17.0 Å². The number of benzene rings is 3. The van der Waals surface area contributed by atoms with Crippen LogP contribution >= 0.6 is 0 Å². The van der Waals surface area contributed by atoms with E-state index in [0.717, 1.165) is 27.6 Å². The fraction of sp³-hybridized carbons (Fsp3) is 0.208. The van der Waals surface area contributed by atoms with Crippen molar-refractivity contribution >= 4 is 22.4 Å². The molecule has 1 atom stereocenters. The number of methoxy groups -OCH3 is 3. The molecule has 1 unspecified atom stereocenters. The summed E-state index contributed by atoms with van der Waals surface area (Å²) in [6, 6.07) is 12.9. The maximum Gasteiger partial charge on any atom is 0.337 e. The van der Waals surface area contributed by atoms with Crippen LogP contribution in [0.4, 0.5) is 5.69 Å². The summed E-state index contributed by atoms with van der Waals surface area (Å²) < 4.78 is 21.9. The van der Waals surface area contributed by atoms with Gasteiger partial charge in [-0.05, 0) is 29.3 Å². The zero-order valence-electron chi connectivity index (χ0n) is 17.3. The Kier molecular flexibility index (Phi) is 4.39. The molecule has 0 radical (unpaired) electrons. The third-order valence-electron chi connectivity index (χ3n) is 5.86. The number of carbonyl (C=O) groups is 1. The van der Waals surface area contributed by atoms with Crippen molar-refractivity contribution in [2.24, 2.45) is 0 Å². The van der Waals surface area contributed by atoms with Gasteiger partial charge in [0.1, 0.15) is 12.4 Å². The molecule has 0 aromatic heterocycles. The smallest absolute Gasteiger partial charge is 0.337 e. The first-order valence-corrected chi connectivity index (χ1v) is 9.79. The minimum absolute atomic E-state index is 0.170. The molecule has 2 aliphatic heterocycles. The van der Waals surface area contributed by atoms with Gasteiger partial charge in [0.25, 0.3) is 0 Å². The highest BCUT2D eigenvalue weighted by Gasteiger charge is 2.39. The number of anilines is 1. The topological polar surface area (TPSA) is 86.3 Å². The van der Waals surface area contributed by atoms with Crippen LogP contribution < -0.4 is 19.5 Å². The molecule has 0 fully saturated rings. The van der Waals surface area contributed by atoms with Crippen molar-refractivity contribution in [3.05, 3.63) is 64.9 Å². The standard InChI is InChI=1S/C24H21NO6/c1-28-18-9-12(10-19(29-2)23(18)30-3)20-15-8-7-13-14(5-4-6-17(13)26)22(15)25-16-11-31-24(27)21(16)20/h4-10,20,25-26H,11H2,1-3H3. The minimum atomic E-state index is -0.401. The van der Waals surface area contributed by atoms with E-state index in [-0.39, 0.29) is 18.3 Å². The van der Waals surface area contributed by atoms with E-state index in [1.165, 1.54) is 0 Å². The fourth-order valence-corrected chi connectivity index (χ4v) is 4.47. The van der Waals surface area contributed by atoms with Gasteiger partial charge < -0.3 is 29.4 Å². The van der Waals surface area contributed by atoms with Crippen molar-refractivity contribution in [3.8, 4) is 23.0 Å². The molecular formula is C24H21NO6. The Hall–Kier alpha value is -3.87. The molecule has 2 N–H and O–H groups in total. The average Bonchev–Trinajstić information content (AvgIpc) is 3.16. The van der Waals surface area contributed by atoms with Crippen molar-refractivity contribution in [3.63, 3.8) is 0 Å². The molecule has 0 saturated carbocycles. The molecule has 0 bridgehead atoms. The lowest BCUT2D eigenvalue weighted by molar-refractivity contribution is -0.136. The van der Waals surface area contributed by atoms with Gasteiger partial charge in [-0.15, -0.1) is 0 Å². The maximum atomic E-state index is 12.7. The van der Waals surface area contributed by atoms with Crippen molar-refractivity contribution in [1.29, 1.82) is 0 Å². The van der Waals surface area contributed by atoms with E-state index in [4.69, 9.17) is 18.9 Å². The number of aromatic hydroxyl groups is 1. The van der Waals surface area contributed by atoms with Gasteiger partial charge in [-0.25, -0.2) is 4.79 Å². The summed E-state index contributed by atoms with van der Waals surface area (Å²) in [6.45, 7) is 0.170. The Bertz CT molecular complexity index is 1240. The summed E-state index contributed by atoms with van der Waals surface area (Å²) in [5.74, 6) is 0.928. The number of hydrogen-bond acceptors (Lipinski definition) is 7. The number of nitrogens with one attached hydrogen (secondary N) is 1. The first kappa shape index (κ1) is 19.1. The maximum absolute atomic E-state index is 12.7. The Labute approximate surface area is 178 Å². The Morgan fingerprint density at radius 1 is 1.00 bits per heavy atom. The summed E-state index contributed by atoms with van der Waals surface area (Å²) in [7, 11) is 4.66. The number of phenols is 1. The number of hydrogen-bond donors (Lipinski definition) is 2. The average molecular weight is 419 g/mol. The van der Waals surface area contributed by atoms with Gasteiger partial charge in [-0.2, -0.15) is 0 Å². The zero-order valence-corrected chi connectivity index (χ0v) is 17.3. The predicted octanol–water partition coefficient (Wildman–Crippen LogP) is 3.94. The summed E-state index contributed by atoms with van der Waals surface area (Å²) in [6.07, 6.45) is 0. The molecule has 5 rings (SSSR count). The quantitative estimate of drug-likeness (QED) is 0.620. The van der Waals surface area contributed by atoms with Crippen molar-refractivity contribution < 1.29 is 28.8 Å². The van der Waals surface area contributed by atoms with Crippen LogP contribution in [0.3, 0.4) is 0 Å². The van der Waals surface area contributed by atoms with Crippen LogP contribution in [0.25, 0.3) is 10.8 Å². The molecule has 3 aromatic rings. The largest absolute Gasteiger partial charge is 0.507 e. The second-order valence-corrected chi connectivity index (χ2v) is 7.39. The normalized spacial score (nSPS) is 17.0. The van der Waals surface area contributed by atoms with E-state index in [1.807, 2.05) is 30.3 Å². The molecule has 0 aliphatic carbocycles. The van der Waals surface area contributed by atoms with Crippen molar-refractivity contribution in [2.45, 2.75) is 5.92 Å². The molecule has 2 aliphatic rings. The Morgan fingerprint density at radius 2 is 1.74 bits per heavy atom. The van der Waals surface area contributed by atoms with Crippen molar-refractivity contribution in [1.82, 2.24) is 0 Å². The Morgan fingerprint density at radius 3 is 2.42 bits per heavy atom. The number of carbonyl (C=O) groups excluding carboxylic acids is 1. The lowest BCUT2D eigenvalue weighted by Crippen LogP contribution is -2.20. The fourth-order valence-electron chi connectivity index (χ4n) is 4.47. The van der Waals surface area contributed by atoms with Crippen LogP contribution in [0.5, 0.6) is 23.0 Å². The molecule has 0 amide bonds. The number of ether oxygens (including phenoxy) is 4. The van der Waals surface area contributed by atoms with Gasteiger partial charge in [0.05, 0.1) is 38.3 Å². The summed E-state index contributed by atoms with van der Waals surface area (Å²) >= 11 is 0. The van der Waals surface area contributed by atoms with E-state index in [0.29, 0.717) is 28.5 Å². The second-order valence-electron chi connectivity index (χ2n) is 7.39. The van der Waals surface area contributed by atoms with Crippen LogP contribution in [-0.2, 0) is 9.53 Å². The molecule has 158 valence electrons. The van der Waals surface area contributed by atoms with Gasteiger partial charge in [0, 0.05) is 16.7 Å². The van der Waals surface area contributed by atoms with Gasteiger partial charge in [-0.3, -0.25) is 0 Å². The number of esters is 1. The van der Waals surface area contributed by atoms with Gasteiger partial charge >= 0.3 is 5.97 Å². The monoisotopic (exact) mass is 419 g/mol. The highest BCUT2D eigenvalue weighted by Crippen LogP contribution is 2.50. The highest BCUT2D eigenvalue weighted by atomic mass is 16.5. The van der Waals surface area contributed by atoms with E-state index < -0.39 is 5.92 Å². The molecule has 3 aromatic carbocycles. The third kappa shape index (κ3) is 2.77. The van der Waals surface area contributed by atoms with E-state index in [9.17, 15) is 9.90 Å². The van der Waals surface area contributed by atoms with Gasteiger partial charge in [0.2, 0.25) is 5.75 Å². The lowest BCUT2D eigenvalue weighted by atomic mass is 9.80. The van der Waals surface area contributed by atoms with Gasteiger partial charge in [0.15, 0.2) is 11.5 Å². The molecular weight excluding hydrogens is 398 g/mol. The van der Waals surface area contributed by atoms with Gasteiger partial charge in [-0.1, -0.05) is 24.3 Å². The first-order valence-electron chi connectivity index (χ1n) is 9.79. The predicted molar refractivity (Wildman–Crippen MR) is 115 cm³/mol. The highest BCUT2D eigenvalue weighted by molar-refractivity contribution is 6.04. The SMILES string of the molecule is COc1cc(C2C3=C(COC3=O)Nc3c2ccc2c(O)cccc32)cc(OC)c1OC. The second kappa shape index (κ2) is 7.12. The van der Waals surface area contributed by atoms with Crippen LogP contribution in [0.15, 0.2) is 53.7 Å². The van der Waals surface area contributed by atoms with E-state index >= 15 is 0 Å². The van der Waals surface area contributed by atoms with Crippen LogP contribution in [0.2, 0.25) is 0 Å². The third-order valence-corrected chi connectivity index (χ3v) is 5.86. The van der Waals surface area contributed by atoms with E-state index in [1.54, 1.807) is 33.5 Å². The number of fused-ring (bicyclic) bond motifs is 3. The molecule has 31 heavy (non-hydrogen) atoms. The summed E-state index contributed by atoms with van der Waals surface area (Å²) in [5.41, 5.74) is 3.81. The molecule has 7 heteroatoms. The Balaban J connectivity index is 1.80. The van der Waals surface area contributed by atoms with E-state index in [2.05, 4.69) is 5.32 Å². The molecule has 0 saturated heterocycles. The summed E-state index contributed by atoms with van der Waals surface area (Å²) in [4.78, 5) is 12.7. The van der Waals surface area contributed by atoms with Crippen molar-refractivity contribution in [2.75, 3.05) is 33.3 Å². The molecule has 2 heterocycles. The first-order chi connectivity index (χ1) is 15.1. The number of phenolic OH excluding ortho intramolecular Hbond substituents is 1. The molecule has 0 spiro atoms. The molecule has 7 nitrogen and oxygen atoms in total. The lowest BCUT2D eigenvalue weighted by Gasteiger charge is -2.29. The number of rotatable bonds is 4. The summed E-state index contributed by atoms with van der Waals surface area (Å²) in [5, 5.41) is 15.3. The van der Waals surface area contributed by atoms with Crippen LogP contribution in [0, 0.1) is 0 Å². The van der Waals surface area contributed by atoms with Crippen LogP contribution in [-0.4, -0.2) is 39.0 Å².